The Morgan fingerprint density at radius 1 is 1.00 bits per heavy atom. The van der Waals surface area contributed by atoms with E-state index in [1.807, 2.05) is 27.7 Å². The lowest BCUT2D eigenvalue weighted by molar-refractivity contribution is -0.328. The Balaban J connectivity index is 1.46. The van der Waals surface area contributed by atoms with Crippen LogP contribution in [0.15, 0.2) is 11.6 Å². The highest BCUT2D eigenvalue weighted by atomic mass is 16.7. The van der Waals surface area contributed by atoms with Crippen LogP contribution in [0.4, 0.5) is 0 Å². The molecule has 11 heteroatoms. The Morgan fingerprint density at radius 2 is 1.68 bits per heavy atom. The van der Waals surface area contributed by atoms with E-state index in [4.69, 9.17) is 9.47 Å². The van der Waals surface area contributed by atoms with E-state index in [1.54, 1.807) is 13.0 Å². The zero-order valence-corrected chi connectivity index (χ0v) is 26.7. The molecule has 1 heterocycles. The molecule has 0 bridgehead atoms. The first-order valence-electron chi connectivity index (χ1n) is 16.4. The summed E-state index contributed by atoms with van der Waals surface area (Å²) in [6.45, 7) is 9.11. The predicted octanol–water partition coefficient (Wildman–Crippen LogP) is 0.563. The molecule has 5 rings (SSSR count). The van der Waals surface area contributed by atoms with Gasteiger partial charge in [0.15, 0.2) is 12.1 Å². The van der Waals surface area contributed by atoms with Gasteiger partial charge in [-0.05, 0) is 93.1 Å². The summed E-state index contributed by atoms with van der Waals surface area (Å²) in [5.74, 6) is -0.956. The van der Waals surface area contributed by atoms with Crippen molar-refractivity contribution in [1.29, 1.82) is 0 Å². The summed E-state index contributed by atoms with van der Waals surface area (Å²) in [7, 11) is 0. The van der Waals surface area contributed by atoms with Gasteiger partial charge >= 0.3 is 0 Å². The Kier molecular flexibility index (Phi) is 9.30. The van der Waals surface area contributed by atoms with Gasteiger partial charge in [0.25, 0.3) is 0 Å². The van der Waals surface area contributed by atoms with Gasteiger partial charge in [0.2, 0.25) is 0 Å². The van der Waals surface area contributed by atoms with Gasteiger partial charge in [-0.1, -0.05) is 27.7 Å². The molecular formula is C33H54O11. The molecular weight excluding hydrogens is 572 g/mol. The predicted molar refractivity (Wildman–Crippen MR) is 158 cm³/mol. The molecule has 4 aliphatic carbocycles. The van der Waals surface area contributed by atoms with Crippen LogP contribution in [0.3, 0.4) is 0 Å². The largest absolute Gasteiger partial charge is 0.394 e. The molecule has 0 aromatic carbocycles. The topological polar surface area (TPSA) is 197 Å². The SMILES string of the molecule is CC(C)CCC(OC1OC(CO)C(O)C(O)C1O)C(C)(O)C1CCC2(O)C3=CC(=O)C4CC(O)C(O)CC4(C)C3CCC12C. The monoisotopic (exact) mass is 626 g/mol. The summed E-state index contributed by atoms with van der Waals surface area (Å²) in [5.41, 5.74) is -3.73. The van der Waals surface area contributed by atoms with Crippen molar-refractivity contribution in [2.45, 2.75) is 146 Å². The fourth-order valence-electron chi connectivity index (χ4n) is 9.86. The second-order valence-electron chi connectivity index (χ2n) is 15.6. The first-order chi connectivity index (χ1) is 20.4. The lowest BCUT2D eigenvalue weighted by Crippen LogP contribution is -2.64. The molecule has 15 unspecified atom stereocenters. The lowest BCUT2D eigenvalue weighted by Gasteiger charge is -2.61. The number of hydrogen-bond acceptors (Lipinski definition) is 11. The van der Waals surface area contributed by atoms with Crippen molar-refractivity contribution >= 4 is 5.78 Å². The molecule has 15 atom stereocenters. The zero-order chi connectivity index (χ0) is 32.6. The molecule has 0 aromatic heterocycles. The van der Waals surface area contributed by atoms with E-state index >= 15 is 0 Å². The molecule has 0 spiro atoms. The van der Waals surface area contributed by atoms with Gasteiger partial charge in [-0.2, -0.15) is 0 Å². The van der Waals surface area contributed by atoms with Crippen molar-refractivity contribution in [1.82, 2.24) is 0 Å². The minimum absolute atomic E-state index is 0.140. The molecule has 0 amide bonds. The average Bonchev–Trinajstić information content (AvgIpc) is 3.24. The minimum Gasteiger partial charge on any atom is -0.394 e. The van der Waals surface area contributed by atoms with Crippen molar-refractivity contribution in [2.24, 2.45) is 34.5 Å². The van der Waals surface area contributed by atoms with Crippen LogP contribution in [0.2, 0.25) is 0 Å². The molecule has 5 aliphatic rings. The number of carbonyl (C=O) groups is 1. The van der Waals surface area contributed by atoms with Crippen LogP contribution in [-0.2, 0) is 14.3 Å². The number of ketones is 1. The number of hydrogen-bond donors (Lipinski definition) is 8. The summed E-state index contributed by atoms with van der Waals surface area (Å²) in [4.78, 5) is 13.5. The van der Waals surface area contributed by atoms with Gasteiger partial charge in [-0.25, -0.2) is 0 Å². The van der Waals surface area contributed by atoms with E-state index in [9.17, 15) is 45.6 Å². The van der Waals surface area contributed by atoms with Crippen molar-refractivity contribution < 1.29 is 55.1 Å². The van der Waals surface area contributed by atoms with Crippen LogP contribution >= 0.6 is 0 Å². The van der Waals surface area contributed by atoms with Crippen LogP contribution in [-0.4, -0.2) is 113 Å². The van der Waals surface area contributed by atoms with Gasteiger partial charge in [0.1, 0.15) is 24.4 Å². The molecule has 4 fully saturated rings. The maximum Gasteiger partial charge on any atom is 0.187 e. The van der Waals surface area contributed by atoms with E-state index in [-0.39, 0.29) is 30.5 Å². The Hall–Kier alpha value is -0.990. The Bertz CT molecular complexity index is 1110. The van der Waals surface area contributed by atoms with Gasteiger partial charge in [0, 0.05) is 11.3 Å². The Morgan fingerprint density at radius 3 is 2.32 bits per heavy atom. The van der Waals surface area contributed by atoms with Crippen molar-refractivity contribution in [3.8, 4) is 0 Å². The third kappa shape index (κ3) is 5.23. The normalized spacial score (nSPS) is 49.5. The Labute approximate surface area is 259 Å². The highest BCUT2D eigenvalue weighted by Gasteiger charge is 2.69. The van der Waals surface area contributed by atoms with Crippen molar-refractivity contribution in [2.75, 3.05) is 6.61 Å². The third-order valence-corrected chi connectivity index (χ3v) is 12.6. The lowest BCUT2D eigenvalue weighted by atomic mass is 9.45. The number of allylic oxidation sites excluding steroid dienone is 1. The molecule has 8 N–H and O–H groups in total. The van der Waals surface area contributed by atoms with E-state index in [2.05, 4.69) is 0 Å². The number of rotatable bonds is 8. The highest BCUT2D eigenvalue weighted by Crippen LogP contribution is 2.68. The highest BCUT2D eigenvalue weighted by molar-refractivity contribution is 5.95. The van der Waals surface area contributed by atoms with Crippen LogP contribution in [0.5, 0.6) is 0 Å². The van der Waals surface area contributed by atoms with Crippen LogP contribution < -0.4 is 0 Å². The van der Waals surface area contributed by atoms with Crippen LogP contribution in [0.25, 0.3) is 0 Å². The van der Waals surface area contributed by atoms with E-state index < -0.39 is 89.5 Å². The van der Waals surface area contributed by atoms with Gasteiger partial charge in [-0.15, -0.1) is 0 Å². The van der Waals surface area contributed by atoms with Gasteiger partial charge < -0.3 is 50.3 Å². The average molecular weight is 627 g/mol. The maximum absolute atomic E-state index is 13.5. The second kappa shape index (κ2) is 11.9. The van der Waals surface area contributed by atoms with Crippen LogP contribution in [0, 0.1) is 34.5 Å². The zero-order valence-electron chi connectivity index (χ0n) is 26.7. The van der Waals surface area contributed by atoms with E-state index in [0.717, 1.165) is 0 Å². The standard InChI is InChI=1S/C33H54O11/c1-16(2)6-7-25(44-29-28(40)27(39)26(38)23(15-34)43-29)32(5,41)24-9-11-33(42)18-12-20(35)19-13-21(36)22(37)14-30(19,3)17(18)8-10-31(24,33)4/h12,16-17,19,21-29,34,36-42H,6-11,13-15H2,1-5H3. The number of aliphatic hydroxyl groups excluding tert-OH is 6. The number of aliphatic hydroxyl groups is 8. The number of fused-ring (bicyclic) bond motifs is 5. The number of ether oxygens (including phenoxy) is 2. The summed E-state index contributed by atoms with van der Waals surface area (Å²) in [5, 5.41) is 87.0. The first-order valence-corrected chi connectivity index (χ1v) is 16.4. The molecule has 3 saturated carbocycles. The smallest absolute Gasteiger partial charge is 0.187 e. The minimum atomic E-state index is -1.62. The molecule has 252 valence electrons. The first kappa shape index (κ1) is 34.3. The van der Waals surface area contributed by atoms with E-state index in [1.165, 1.54) is 0 Å². The summed E-state index contributed by atoms with van der Waals surface area (Å²) in [6.07, 6.45) is -5.08. The van der Waals surface area contributed by atoms with Crippen LogP contribution in [0.1, 0.15) is 86.0 Å². The molecule has 1 saturated heterocycles. The summed E-state index contributed by atoms with van der Waals surface area (Å²) in [6, 6.07) is 0. The maximum atomic E-state index is 13.5. The summed E-state index contributed by atoms with van der Waals surface area (Å²) >= 11 is 0. The number of carbonyl (C=O) groups excluding carboxylic acids is 1. The molecule has 1 aliphatic heterocycles. The second-order valence-corrected chi connectivity index (χ2v) is 15.6. The van der Waals surface area contributed by atoms with E-state index in [0.29, 0.717) is 44.1 Å². The quantitative estimate of drug-likeness (QED) is 0.187. The molecule has 0 radical (unpaired) electrons. The van der Waals surface area contributed by atoms with Gasteiger partial charge in [-0.3, -0.25) is 4.79 Å². The van der Waals surface area contributed by atoms with Crippen molar-refractivity contribution in [3.63, 3.8) is 0 Å². The van der Waals surface area contributed by atoms with Crippen molar-refractivity contribution in [3.05, 3.63) is 11.6 Å². The third-order valence-electron chi connectivity index (χ3n) is 12.6. The molecule has 44 heavy (non-hydrogen) atoms. The summed E-state index contributed by atoms with van der Waals surface area (Å²) < 4.78 is 11.9. The molecule has 0 aromatic rings. The fourth-order valence-corrected chi connectivity index (χ4v) is 9.86. The fraction of sp³-hybridized carbons (Fsp3) is 0.909. The van der Waals surface area contributed by atoms with Gasteiger partial charge in [0.05, 0.1) is 36.1 Å². The molecule has 11 nitrogen and oxygen atoms in total.